The number of carbonyl (C=O) groups excluding carboxylic acids is 4. The van der Waals surface area contributed by atoms with Crippen molar-refractivity contribution in [1.82, 2.24) is 0 Å². The maximum atomic E-state index is 13.5. The van der Waals surface area contributed by atoms with Crippen LogP contribution in [0.3, 0.4) is 0 Å². The van der Waals surface area contributed by atoms with Gasteiger partial charge in [-0.2, -0.15) is 0 Å². The van der Waals surface area contributed by atoms with Crippen LogP contribution in [0.15, 0.2) is 0 Å². The van der Waals surface area contributed by atoms with E-state index in [1.165, 1.54) is 0 Å². The number of hydrogen-bond donors (Lipinski definition) is 1. The van der Waals surface area contributed by atoms with E-state index in [9.17, 15) is 28.5 Å². The van der Waals surface area contributed by atoms with Crippen molar-refractivity contribution >= 4 is 37.4 Å². The van der Waals surface area contributed by atoms with Gasteiger partial charge in [-0.3, -0.25) is 37.6 Å². The SMILES string of the molecule is C.CC(C)(C)C(=O)OCOC(=O)C(CCC(=O)O)CP(=O)(OCOC(=O)C(C)(C)C)OCOC(=O)C(C)(C)C. The Bertz CT molecular complexity index is 855. The predicted molar refractivity (Wildman–Crippen MR) is 139 cm³/mol. The van der Waals surface area contributed by atoms with Gasteiger partial charge in [0, 0.05) is 6.42 Å². The van der Waals surface area contributed by atoms with E-state index in [1.54, 1.807) is 62.3 Å². The Balaban J connectivity index is 0. The summed E-state index contributed by atoms with van der Waals surface area (Å²) in [4.78, 5) is 59.8. The third kappa shape index (κ3) is 16.3. The van der Waals surface area contributed by atoms with E-state index in [1.807, 2.05) is 0 Å². The number of carboxylic acids is 1. The number of aliphatic carboxylic acids is 1. The molecule has 0 radical (unpaired) electrons. The van der Waals surface area contributed by atoms with E-state index in [0.717, 1.165) is 0 Å². The third-order valence-electron chi connectivity index (χ3n) is 4.59. The minimum absolute atomic E-state index is 0. The van der Waals surface area contributed by atoms with Crippen molar-refractivity contribution < 1.29 is 61.6 Å². The molecule has 1 unspecified atom stereocenters. The zero-order valence-electron chi connectivity index (χ0n) is 23.6. The molecule has 0 aromatic heterocycles. The second kappa shape index (κ2) is 15.9. The van der Waals surface area contributed by atoms with Gasteiger partial charge in [0.15, 0.2) is 0 Å². The van der Waals surface area contributed by atoms with Gasteiger partial charge in [-0.15, -0.1) is 0 Å². The van der Waals surface area contributed by atoms with Crippen molar-refractivity contribution in [3.8, 4) is 0 Å². The summed E-state index contributed by atoms with van der Waals surface area (Å²) in [6, 6.07) is 0. The molecule has 0 spiro atoms. The van der Waals surface area contributed by atoms with Crippen LogP contribution in [-0.4, -0.2) is 61.5 Å². The Kier molecular flexibility index (Phi) is 15.8. The van der Waals surface area contributed by atoms with Crippen LogP contribution in [0.25, 0.3) is 0 Å². The second-order valence-electron chi connectivity index (χ2n) is 11.5. The highest BCUT2D eigenvalue weighted by Gasteiger charge is 2.36. The predicted octanol–water partition coefficient (Wildman–Crippen LogP) is 4.51. The lowest BCUT2D eigenvalue weighted by molar-refractivity contribution is -0.175. The van der Waals surface area contributed by atoms with E-state index in [4.69, 9.17) is 33.1 Å². The zero-order valence-corrected chi connectivity index (χ0v) is 24.5. The third-order valence-corrected chi connectivity index (χ3v) is 6.48. The maximum Gasteiger partial charge on any atom is 0.337 e. The first-order valence-corrected chi connectivity index (χ1v) is 13.6. The molecule has 0 fully saturated rings. The largest absolute Gasteiger partial charge is 0.481 e. The van der Waals surface area contributed by atoms with Crippen molar-refractivity contribution in [2.45, 2.75) is 82.6 Å². The normalized spacial score (nSPS) is 12.9. The van der Waals surface area contributed by atoms with Gasteiger partial charge in [-0.25, -0.2) is 0 Å². The molecule has 228 valence electrons. The quantitative estimate of drug-likeness (QED) is 0.131. The van der Waals surface area contributed by atoms with Gasteiger partial charge in [0.05, 0.1) is 28.3 Å². The summed E-state index contributed by atoms with van der Waals surface area (Å²) in [5, 5.41) is 9.07. The smallest absolute Gasteiger partial charge is 0.337 e. The number of esters is 4. The lowest BCUT2D eigenvalue weighted by Crippen LogP contribution is -2.28. The van der Waals surface area contributed by atoms with Crippen LogP contribution in [0.4, 0.5) is 0 Å². The second-order valence-corrected chi connectivity index (χ2v) is 13.6. The van der Waals surface area contributed by atoms with Crippen LogP contribution in [0.5, 0.6) is 0 Å². The Labute approximate surface area is 230 Å². The lowest BCUT2D eigenvalue weighted by atomic mass is 9.97. The molecule has 0 aliphatic rings. The van der Waals surface area contributed by atoms with Crippen LogP contribution < -0.4 is 0 Å². The van der Waals surface area contributed by atoms with Crippen molar-refractivity contribution in [1.29, 1.82) is 0 Å². The van der Waals surface area contributed by atoms with E-state index in [2.05, 4.69) is 0 Å². The average Bonchev–Trinajstić information content (AvgIpc) is 2.74. The number of carboxylic acid groups (broad SMARTS) is 1. The topological polar surface area (TPSA) is 178 Å². The molecule has 0 bridgehead atoms. The molecule has 39 heavy (non-hydrogen) atoms. The zero-order chi connectivity index (χ0) is 29.9. The summed E-state index contributed by atoms with van der Waals surface area (Å²) in [6.07, 6.45) is -1.53. The van der Waals surface area contributed by atoms with Crippen LogP contribution in [0.1, 0.15) is 82.6 Å². The summed E-state index contributed by atoms with van der Waals surface area (Å²) in [5.74, 6) is -5.61. The number of carbonyl (C=O) groups is 5. The Morgan fingerprint density at radius 3 is 1.36 bits per heavy atom. The van der Waals surface area contributed by atoms with E-state index in [-0.39, 0.29) is 13.8 Å². The fraction of sp³-hybridized carbons (Fsp3) is 0.800. The molecule has 1 atom stereocenters. The fourth-order valence-electron chi connectivity index (χ4n) is 2.22. The first kappa shape index (κ1) is 38.6. The number of hydrogen-bond acceptors (Lipinski definition) is 12. The first-order valence-electron chi connectivity index (χ1n) is 11.9. The highest BCUT2D eigenvalue weighted by Crippen LogP contribution is 2.50. The molecule has 0 saturated heterocycles. The van der Waals surface area contributed by atoms with Crippen LogP contribution >= 0.6 is 7.60 Å². The average molecular weight is 585 g/mol. The standard InChI is InChI=1S/C24H41O13P.CH4/c1-22(2,3)19(28)33-13-32-18(27)16(10-11-17(25)26)12-38(31,36-14-34-20(29)23(4,5)6)37-15-35-21(30)24(7,8)9;/h16H,10-15H2,1-9H3,(H,25,26);1H4. The van der Waals surface area contributed by atoms with Gasteiger partial charge in [0.1, 0.15) is 0 Å². The molecule has 13 nitrogen and oxygen atoms in total. The van der Waals surface area contributed by atoms with E-state index >= 15 is 0 Å². The van der Waals surface area contributed by atoms with Crippen LogP contribution in [0, 0.1) is 22.2 Å². The molecule has 0 amide bonds. The molecule has 1 N–H and O–H groups in total. The van der Waals surface area contributed by atoms with Gasteiger partial charge >= 0.3 is 37.4 Å². The maximum absolute atomic E-state index is 13.5. The molecule has 0 rings (SSSR count). The number of ether oxygens (including phenoxy) is 4. The monoisotopic (exact) mass is 584 g/mol. The minimum Gasteiger partial charge on any atom is -0.481 e. The fourth-order valence-corrected chi connectivity index (χ4v) is 3.81. The Hall–Kier alpha value is -2.50. The van der Waals surface area contributed by atoms with Crippen molar-refractivity contribution in [2.24, 2.45) is 22.2 Å². The molecule has 0 aliphatic heterocycles. The molecule has 0 aromatic carbocycles. The molecule has 0 aromatic rings. The molecule has 0 saturated carbocycles. The van der Waals surface area contributed by atoms with Gasteiger partial charge in [0.25, 0.3) is 0 Å². The van der Waals surface area contributed by atoms with Crippen molar-refractivity contribution in [2.75, 3.05) is 26.5 Å². The van der Waals surface area contributed by atoms with Gasteiger partial charge in [-0.1, -0.05) is 7.43 Å². The van der Waals surface area contributed by atoms with E-state index in [0.29, 0.717) is 0 Å². The molecule has 14 heteroatoms. The van der Waals surface area contributed by atoms with E-state index < -0.39 is 92.6 Å². The summed E-state index contributed by atoms with van der Waals surface area (Å²) < 4.78 is 43.6. The molecular formula is C25H45O13P. The Morgan fingerprint density at radius 1 is 0.667 bits per heavy atom. The van der Waals surface area contributed by atoms with Gasteiger partial charge in [0.2, 0.25) is 20.4 Å². The lowest BCUT2D eigenvalue weighted by Gasteiger charge is -2.24. The van der Waals surface area contributed by atoms with Crippen molar-refractivity contribution in [3.63, 3.8) is 0 Å². The van der Waals surface area contributed by atoms with Gasteiger partial charge < -0.3 is 24.1 Å². The summed E-state index contributed by atoms with van der Waals surface area (Å²) >= 11 is 0. The number of rotatable bonds is 14. The van der Waals surface area contributed by atoms with Crippen LogP contribution in [0.2, 0.25) is 0 Å². The first-order chi connectivity index (χ1) is 17.1. The summed E-state index contributed by atoms with van der Waals surface area (Å²) in [6.45, 7) is 11.9. The summed E-state index contributed by atoms with van der Waals surface area (Å²) in [7, 11) is -4.34. The Morgan fingerprint density at radius 2 is 1.03 bits per heavy atom. The minimum atomic E-state index is -4.34. The molecule has 0 aliphatic carbocycles. The van der Waals surface area contributed by atoms with Crippen LogP contribution in [-0.2, 0) is 56.5 Å². The highest BCUT2D eigenvalue weighted by atomic mass is 31.2. The van der Waals surface area contributed by atoms with Gasteiger partial charge in [-0.05, 0) is 68.7 Å². The summed E-state index contributed by atoms with van der Waals surface area (Å²) in [5.41, 5.74) is -2.65. The highest BCUT2D eigenvalue weighted by molar-refractivity contribution is 7.53. The molecule has 0 heterocycles. The van der Waals surface area contributed by atoms with Crippen molar-refractivity contribution in [3.05, 3.63) is 0 Å². The molecular weight excluding hydrogens is 539 g/mol.